The molecule has 146 valence electrons. The Bertz CT molecular complexity index is 680. The quantitative estimate of drug-likeness (QED) is 0.249. The Kier molecular flexibility index (Phi) is 10.7. The molecule has 2 N–H and O–H groups in total. The number of aryl methyl sites for hydroxylation is 1. The lowest BCUT2D eigenvalue weighted by Gasteiger charge is -2.17. The normalized spacial score (nSPS) is 11.7. The van der Waals surface area contributed by atoms with Gasteiger partial charge in [0, 0.05) is 24.5 Å². The number of halogens is 1. The van der Waals surface area contributed by atoms with Gasteiger partial charge in [0.25, 0.3) is 0 Å². The minimum absolute atomic E-state index is 0. The molecule has 0 atom stereocenters. The molecule has 0 fully saturated rings. The van der Waals surface area contributed by atoms with Crippen LogP contribution in [0.4, 0.5) is 0 Å². The van der Waals surface area contributed by atoms with Gasteiger partial charge in [0.1, 0.15) is 11.3 Å². The molecule has 0 aliphatic rings. The van der Waals surface area contributed by atoms with Gasteiger partial charge in [-0.25, -0.2) is 0 Å². The van der Waals surface area contributed by atoms with Gasteiger partial charge in [-0.2, -0.15) is 0 Å². The molecule has 0 saturated carbocycles. The first-order valence-electron chi connectivity index (χ1n) is 9.33. The van der Waals surface area contributed by atoms with E-state index >= 15 is 0 Å². The van der Waals surface area contributed by atoms with Gasteiger partial charge in [-0.15, -0.1) is 24.0 Å². The molecule has 0 saturated heterocycles. The smallest absolute Gasteiger partial charge is 0.191 e. The molecular formula is C20H33IN4O. The van der Waals surface area contributed by atoms with Crippen molar-refractivity contribution in [3.63, 3.8) is 0 Å². The van der Waals surface area contributed by atoms with Crippen molar-refractivity contribution in [1.82, 2.24) is 15.5 Å². The number of unbranched alkanes of at least 4 members (excludes halogenated alkanes) is 1. The Morgan fingerprint density at radius 3 is 2.50 bits per heavy atom. The summed E-state index contributed by atoms with van der Waals surface area (Å²) in [5, 5.41) is 7.90. The topological polar surface area (TPSA) is 52.8 Å². The number of rotatable bonds is 9. The highest BCUT2D eigenvalue weighted by molar-refractivity contribution is 14.0. The largest absolute Gasteiger partial charge is 0.459 e. The van der Waals surface area contributed by atoms with Crippen LogP contribution in [0.5, 0.6) is 0 Å². The van der Waals surface area contributed by atoms with E-state index in [1.54, 1.807) is 7.05 Å². The first-order valence-corrected chi connectivity index (χ1v) is 9.33. The average molecular weight is 472 g/mol. The summed E-state index contributed by atoms with van der Waals surface area (Å²) in [5.74, 6) is 1.79. The Balaban J connectivity index is 0.00000338. The van der Waals surface area contributed by atoms with Crippen LogP contribution in [-0.2, 0) is 6.54 Å². The fraction of sp³-hybridized carbons (Fsp3) is 0.550. The second-order valence-corrected chi connectivity index (χ2v) is 6.23. The van der Waals surface area contributed by atoms with Crippen LogP contribution in [0.3, 0.4) is 0 Å². The number of fused-ring (bicyclic) bond motifs is 1. The molecule has 1 aromatic carbocycles. The van der Waals surface area contributed by atoms with E-state index < -0.39 is 0 Å². The zero-order valence-corrected chi connectivity index (χ0v) is 18.8. The third-order valence-electron chi connectivity index (χ3n) is 4.67. The standard InChI is InChI=1S/C20H32N4O.HI/c1-5-24(6-2)14-10-9-13-22-20(21-4)23-15-19-16(3)17-11-7-8-12-18(17)25-19;/h7-8,11-12H,5-6,9-10,13-15H2,1-4H3,(H2,21,22,23);1H. The molecule has 0 aliphatic carbocycles. The van der Waals surface area contributed by atoms with Gasteiger partial charge >= 0.3 is 0 Å². The molecule has 0 radical (unpaired) electrons. The number of benzene rings is 1. The van der Waals surface area contributed by atoms with Crippen molar-refractivity contribution in [3.8, 4) is 0 Å². The maximum absolute atomic E-state index is 5.94. The number of para-hydroxylation sites is 1. The molecule has 1 aromatic heterocycles. The van der Waals surface area contributed by atoms with Gasteiger partial charge in [0.2, 0.25) is 0 Å². The van der Waals surface area contributed by atoms with Gasteiger partial charge in [0.05, 0.1) is 6.54 Å². The van der Waals surface area contributed by atoms with Crippen LogP contribution in [0.1, 0.15) is 38.0 Å². The van der Waals surface area contributed by atoms with E-state index in [2.05, 4.69) is 47.4 Å². The SMILES string of the molecule is CCN(CC)CCCCNC(=NC)NCc1oc2ccccc2c1C.I. The minimum atomic E-state index is 0. The second-order valence-electron chi connectivity index (χ2n) is 6.23. The summed E-state index contributed by atoms with van der Waals surface area (Å²) in [6, 6.07) is 8.15. The lowest BCUT2D eigenvalue weighted by Crippen LogP contribution is -2.37. The Morgan fingerprint density at radius 1 is 1.12 bits per heavy atom. The summed E-state index contributed by atoms with van der Waals surface area (Å²) in [6.07, 6.45) is 2.34. The summed E-state index contributed by atoms with van der Waals surface area (Å²) in [7, 11) is 1.80. The Morgan fingerprint density at radius 2 is 1.85 bits per heavy atom. The number of hydrogen-bond acceptors (Lipinski definition) is 3. The predicted octanol–water partition coefficient (Wildman–Crippen LogP) is 4.15. The van der Waals surface area contributed by atoms with Crippen LogP contribution in [0.25, 0.3) is 11.0 Å². The summed E-state index contributed by atoms with van der Waals surface area (Å²) in [5.41, 5.74) is 2.13. The van der Waals surface area contributed by atoms with Gasteiger partial charge in [0.15, 0.2) is 5.96 Å². The van der Waals surface area contributed by atoms with Crippen LogP contribution in [-0.4, -0.2) is 44.1 Å². The molecule has 2 aromatic rings. The number of aliphatic imine (C=N–C) groups is 1. The predicted molar refractivity (Wildman–Crippen MR) is 122 cm³/mol. The monoisotopic (exact) mass is 472 g/mol. The van der Waals surface area contributed by atoms with Crippen LogP contribution in [0, 0.1) is 6.92 Å². The van der Waals surface area contributed by atoms with E-state index in [1.165, 1.54) is 23.9 Å². The van der Waals surface area contributed by atoms with Crippen molar-refractivity contribution in [1.29, 1.82) is 0 Å². The fourth-order valence-electron chi connectivity index (χ4n) is 2.99. The molecule has 2 rings (SSSR count). The summed E-state index contributed by atoms with van der Waals surface area (Å²) >= 11 is 0. The Hall–Kier alpha value is -1.28. The van der Waals surface area contributed by atoms with Crippen molar-refractivity contribution < 1.29 is 4.42 Å². The first kappa shape index (κ1) is 22.8. The minimum Gasteiger partial charge on any atom is -0.459 e. The average Bonchev–Trinajstić information content (AvgIpc) is 2.97. The van der Waals surface area contributed by atoms with Crippen molar-refractivity contribution in [2.75, 3.05) is 33.2 Å². The van der Waals surface area contributed by atoms with E-state index in [1.807, 2.05) is 18.2 Å². The number of nitrogens with one attached hydrogen (secondary N) is 2. The van der Waals surface area contributed by atoms with Crippen LogP contribution < -0.4 is 10.6 Å². The summed E-state index contributed by atoms with van der Waals surface area (Å²) in [6.45, 7) is 11.5. The number of furan rings is 1. The van der Waals surface area contributed by atoms with Gasteiger partial charge in [-0.1, -0.05) is 32.0 Å². The Labute approximate surface area is 174 Å². The molecule has 5 nitrogen and oxygen atoms in total. The van der Waals surface area contributed by atoms with Crippen molar-refractivity contribution in [2.45, 2.75) is 40.2 Å². The molecule has 0 aliphatic heterocycles. The van der Waals surface area contributed by atoms with E-state index in [0.29, 0.717) is 6.54 Å². The third kappa shape index (κ3) is 6.46. The van der Waals surface area contributed by atoms with Crippen LogP contribution in [0.2, 0.25) is 0 Å². The molecular weight excluding hydrogens is 439 g/mol. The highest BCUT2D eigenvalue weighted by Crippen LogP contribution is 2.24. The number of guanidine groups is 1. The molecule has 6 heteroatoms. The molecule has 26 heavy (non-hydrogen) atoms. The third-order valence-corrected chi connectivity index (χ3v) is 4.67. The van der Waals surface area contributed by atoms with Crippen molar-refractivity contribution in [2.24, 2.45) is 4.99 Å². The van der Waals surface area contributed by atoms with E-state index in [9.17, 15) is 0 Å². The fourth-order valence-corrected chi connectivity index (χ4v) is 2.99. The molecule has 0 amide bonds. The maximum Gasteiger partial charge on any atom is 0.191 e. The van der Waals surface area contributed by atoms with Gasteiger partial charge in [-0.3, -0.25) is 4.99 Å². The van der Waals surface area contributed by atoms with Crippen molar-refractivity contribution >= 4 is 40.9 Å². The van der Waals surface area contributed by atoms with Crippen LogP contribution in [0.15, 0.2) is 33.7 Å². The van der Waals surface area contributed by atoms with Gasteiger partial charge in [-0.05, 0) is 45.5 Å². The van der Waals surface area contributed by atoms with Crippen LogP contribution >= 0.6 is 24.0 Å². The second kappa shape index (κ2) is 12.2. The van der Waals surface area contributed by atoms with Crippen molar-refractivity contribution in [3.05, 3.63) is 35.6 Å². The molecule has 0 spiro atoms. The highest BCUT2D eigenvalue weighted by atomic mass is 127. The zero-order valence-electron chi connectivity index (χ0n) is 16.5. The van der Waals surface area contributed by atoms with E-state index in [-0.39, 0.29) is 24.0 Å². The molecule has 1 heterocycles. The number of hydrogen-bond donors (Lipinski definition) is 2. The molecule has 0 unspecified atom stereocenters. The maximum atomic E-state index is 5.94. The lowest BCUT2D eigenvalue weighted by molar-refractivity contribution is 0.297. The van der Waals surface area contributed by atoms with E-state index in [0.717, 1.165) is 43.4 Å². The summed E-state index contributed by atoms with van der Waals surface area (Å²) < 4.78 is 5.94. The lowest BCUT2D eigenvalue weighted by atomic mass is 10.1. The highest BCUT2D eigenvalue weighted by Gasteiger charge is 2.10. The zero-order chi connectivity index (χ0) is 18.1. The van der Waals surface area contributed by atoms with Gasteiger partial charge < -0.3 is 20.0 Å². The first-order chi connectivity index (χ1) is 12.2. The molecule has 0 bridgehead atoms. The van der Waals surface area contributed by atoms with E-state index in [4.69, 9.17) is 4.42 Å². The number of nitrogens with zero attached hydrogens (tertiary/aromatic N) is 2. The summed E-state index contributed by atoms with van der Waals surface area (Å²) in [4.78, 5) is 6.75.